The molecule has 0 saturated carbocycles. The molecule has 24 heavy (non-hydrogen) atoms. The first-order valence-electron chi connectivity index (χ1n) is 7.33. The van der Waals surface area contributed by atoms with Crippen LogP contribution in [0.5, 0.6) is 0 Å². The fraction of sp³-hybridized carbons (Fsp3) is 0.235. The number of hydrogen-bond donors (Lipinski definition) is 2. The van der Waals surface area contributed by atoms with E-state index in [1.54, 1.807) is 36.4 Å². The molecule has 1 atom stereocenters. The van der Waals surface area contributed by atoms with Crippen molar-refractivity contribution in [2.75, 3.05) is 18.9 Å². The zero-order valence-electron chi connectivity index (χ0n) is 13.1. The molecule has 0 radical (unpaired) electrons. The highest BCUT2D eigenvalue weighted by Gasteiger charge is 2.11. The van der Waals surface area contributed by atoms with Gasteiger partial charge in [0.25, 0.3) is 11.7 Å². The Morgan fingerprint density at radius 2 is 1.75 bits per heavy atom. The maximum atomic E-state index is 12.9. The number of hydrogen-bond acceptors (Lipinski definition) is 2. The molecular weight excluding hydrogens is 337 g/mol. The van der Waals surface area contributed by atoms with Crippen molar-refractivity contribution in [2.45, 2.75) is 17.2 Å². The highest BCUT2D eigenvalue weighted by Crippen LogP contribution is 2.26. The Kier molecular flexibility index (Phi) is 6.69. The third-order valence-corrected chi connectivity index (χ3v) is 3.97. The number of alkyl halides is 2. The molecule has 2 rings (SSSR count). The summed E-state index contributed by atoms with van der Waals surface area (Å²) in [6.45, 7) is 0.836. The first-order chi connectivity index (χ1) is 11.4. The molecule has 3 nitrogen and oxygen atoms in total. The number of rotatable bonds is 7. The van der Waals surface area contributed by atoms with Crippen molar-refractivity contribution >= 4 is 23.4 Å². The van der Waals surface area contributed by atoms with Crippen molar-refractivity contribution in [1.82, 2.24) is 0 Å². The van der Waals surface area contributed by atoms with Gasteiger partial charge in [0.15, 0.2) is 6.54 Å². The summed E-state index contributed by atoms with van der Waals surface area (Å²) in [7, 11) is 1.87. The summed E-state index contributed by atoms with van der Waals surface area (Å²) in [6.07, 6.45) is 0. The minimum absolute atomic E-state index is 0.177. The van der Waals surface area contributed by atoms with E-state index in [1.807, 2.05) is 7.05 Å². The molecule has 2 aromatic rings. The van der Waals surface area contributed by atoms with Gasteiger partial charge in [-0.15, -0.1) is 0 Å². The minimum atomic E-state index is -2.46. The lowest BCUT2D eigenvalue weighted by atomic mass is 10.2. The topological polar surface area (TPSA) is 33.5 Å². The van der Waals surface area contributed by atoms with Gasteiger partial charge in [-0.05, 0) is 36.4 Å². The summed E-state index contributed by atoms with van der Waals surface area (Å²) in [5.41, 5.74) is 1.50. The number of carbonyl (C=O) groups excluding carboxylic acids is 1. The van der Waals surface area contributed by atoms with E-state index in [-0.39, 0.29) is 18.3 Å². The minimum Gasteiger partial charge on any atom is -0.326 e. The van der Waals surface area contributed by atoms with Crippen molar-refractivity contribution in [2.24, 2.45) is 0 Å². The molecule has 1 amide bonds. The van der Waals surface area contributed by atoms with Crippen LogP contribution in [0.15, 0.2) is 53.4 Å². The van der Waals surface area contributed by atoms with Gasteiger partial charge in [0, 0.05) is 16.1 Å². The summed E-state index contributed by atoms with van der Waals surface area (Å²) in [5.74, 6) is -2.93. The molecule has 7 heteroatoms. The predicted molar refractivity (Wildman–Crippen MR) is 88.8 cm³/mol. The summed E-state index contributed by atoms with van der Waals surface area (Å²) < 4.78 is 37.4. The number of carbonyl (C=O) groups is 1. The van der Waals surface area contributed by atoms with Crippen LogP contribution in [-0.2, 0) is 11.3 Å². The Bertz CT molecular complexity index is 663. The van der Waals surface area contributed by atoms with E-state index < -0.39 is 5.76 Å². The Balaban J connectivity index is 1.82. The van der Waals surface area contributed by atoms with E-state index in [4.69, 9.17) is 0 Å². The molecule has 0 saturated heterocycles. The van der Waals surface area contributed by atoms with Crippen molar-refractivity contribution in [3.05, 3.63) is 59.9 Å². The predicted octanol–water partition coefficient (Wildman–Crippen LogP) is 2.79. The van der Waals surface area contributed by atoms with Crippen LogP contribution < -0.4 is 10.2 Å². The Morgan fingerprint density at radius 1 is 1.12 bits per heavy atom. The van der Waals surface area contributed by atoms with E-state index in [0.717, 1.165) is 10.5 Å². The average Bonchev–Trinajstić information content (AvgIpc) is 2.51. The number of halogens is 3. The van der Waals surface area contributed by atoms with Gasteiger partial charge in [-0.1, -0.05) is 23.9 Å². The quantitative estimate of drug-likeness (QED) is 0.749. The van der Waals surface area contributed by atoms with Crippen LogP contribution in [0.25, 0.3) is 0 Å². The van der Waals surface area contributed by atoms with Crippen molar-refractivity contribution in [3.63, 3.8) is 0 Å². The largest absolute Gasteiger partial charge is 0.326 e. The van der Waals surface area contributed by atoms with Gasteiger partial charge < -0.3 is 10.2 Å². The zero-order valence-corrected chi connectivity index (χ0v) is 13.9. The number of quaternary nitrogens is 1. The second kappa shape index (κ2) is 8.75. The molecule has 0 spiro atoms. The third-order valence-electron chi connectivity index (χ3n) is 3.24. The van der Waals surface area contributed by atoms with Crippen LogP contribution in [-0.4, -0.2) is 25.3 Å². The lowest BCUT2D eigenvalue weighted by molar-refractivity contribution is -0.885. The van der Waals surface area contributed by atoms with Crippen LogP contribution in [0.3, 0.4) is 0 Å². The average molecular weight is 355 g/mol. The fourth-order valence-electron chi connectivity index (χ4n) is 2.21. The van der Waals surface area contributed by atoms with Crippen LogP contribution in [0.1, 0.15) is 5.56 Å². The van der Waals surface area contributed by atoms with Gasteiger partial charge in [-0.3, -0.25) is 4.79 Å². The molecule has 0 fully saturated rings. The second-order valence-electron chi connectivity index (χ2n) is 5.39. The SMILES string of the molecule is C[NH+](CC(=O)Nc1ccc(SC(F)F)cc1)Cc1ccc(F)cc1. The first-order valence-corrected chi connectivity index (χ1v) is 8.21. The summed E-state index contributed by atoms with van der Waals surface area (Å²) in [4.78, 5) is 13.4. The fourth-order valence-corrected chi connectivity index (χ4v) is 2.71. The van der Waals surface area contributed by atoms with Gasteiger partial charge in [0.1, 0.15) is 12.4 Å². The molecule has 0 aliphatic rings. The standard InChI is InChI=1S/C17H17F3N2OS/c1-22(10-12-2-4-13(18)5-3-12)11-16(23)21-14-6-8-15(9-7-14)24-17(19)20/h2-9,17H,10-11H2,1H3,(H,21,23)/p+1. The molecule has 0 aliphatic carbocycles. The highest BCUT2D eigenvalue weighted by atomic mass is 32.2. The Labute approximate surface area is 142 Å². The molecule has 128 valence electrons. The van der Waals surface area contributed by atoms with Gasteiger partial charge in [-0.2, -0.15) is 8.78 Å². The van der Waals surface area contributed by atoms with Crippen molar-refractivity contribution < 1.29 is 22.9 Å². The summed E-state index contributed by atoms with van der Waals surface area (Å²) >= 11 is 0.462. The second-order valence-corrected chi connectivity index (χ2v) is 6.45. The number of benzene rings is 2. The summed E-state index contributed by atoms with van der Waals surface area (Å²) in [5, 5.41) is 2.73. The molecule has 0 bridgehead atoms. The molecule has 1 unspecified atom stereocenters. The van der Waals surface area contributed by atoms with Crippen molar-refractivity contribution in [3.8, 4) is 0 Å². The Hall–Kier alpha value is -1.99. The molecular formula is C17H18F3N2OS+. The Morgan fingerprint density at radius 3 is 2.33 bits per heavy atom. The van der Waals surface area contributed by atoms with E-state index >= 15 is 0 Å². The molecule has 2 aromatic carbocycles. The van der Waals surface area contributed by atoms with Crippen LogP contribution in [0.2, 0.25) is 0 Å². The monoisotopic (exact) mass is 355 g/mol. The maximum absolute atomic E-state index is 12.9. The van der Waals surface area contributed by atoms with Crippen LogP contribution in [0, 0.1) is 5.82 Å². The van der Waals surface area contributed by atoms with Gasteiger partial charge >= 0.3 is 0 Å². The van der Waals surface area contributed by atoms with E-state index in [9.17, 15) is 18.0 Å². The highest BCUT2D eigenvalue weighted by molar-refractivity contribution is 7.99. The lowest BCUT2D eigenvalue weighted by Gasteiger charge is -2.14. The van der Waals surface area contributed by atoms with Crippen LogP contribution in [0.4, 0.5) is 18.9 Å². The first kappa shape index (κ1) is 18.4. The third kappa shape index (κ3) is 6.25. The van der Waals surface area contributed by atoms with E-state index in [2.05, 4.69) is 5.32 Å². The van der Waals surface area contributed by atoms with Crippen LogP contribution >= 0.6 is 11.8 Å². The smallest absolute Gasteiger partial charge is 0.288 e. The van der Waals surface area contributed by atoms with Crippen molar-refractivity contribution in [1.29, 1.82) is 0 Å². The maximum Gasteiger partial charge on any atom is 0.288 e. The van der Waals surface area contributed by atoms with Gasteiger partial charge in [-0.25, -0.2) is 4.39 Å². The van der Waals surface area contributed by atoms with E-state index in [0.29, 0.717) is 28.9 Å². The number of likely N-dealkylation sites (N-methyl/N-ethyl adjacent to an activating group) is 1. The zero-order chi connectivity index (χ0) is 17.5. The molecule has 0 heterocycles. The molecule has 0 aromatic heterocycles. The molecule has 0 aliphatic heterocycles. The normalized spacial score (nSPS) is 12.2. The number of amides is 1. The number of thioether (sulfide) groups is 1. The molecule has 2 N–H and O–H groups in total. The van der Waals surface area contributed by atoms with Gasteiger partial charge in [0.2, 0.25) is 0 Å². The number of nitrogens with one attached hydrogen (secondary N) is 2. The summed E-state index contributed by atoms with van der Waals surface area (Å²) in [6, 6.07) is 12.4. The lowest BCUT2D eigenvalue weighted by Crippen LogP contribution is -3.08. The van der Waals surface area contributed by atoms with Gasteiger partial charge in [0.05, 0.1) is 7.05 Å². The van der Waals surface area contributed by atoms with E-state index in [1.165, 1.54) is 12.1 Å². The number of anilines is 1.